The SMILES string of the molecule is CC(=O)Cl.O=C1CCNCC1. The van der Waals surface area contributed by atoms with E-state index in [4.69, 9.17) is 0 Å². The molecule has 1 rings (SSSR count). The summed E-state index contributed by atoms with van der Waals surface area (Å²) in [7, 11) is 0. The Morgan fingerprint density at radius 1 is 1.45 bits per heavy atom. The molecule has 64 valence electrons. The van der Waals surface area contributed by atoms with Crippen molar-refractivity contribution in [2.24, 2.45) is 0 Å². The van der Waals surface area contributed by atoms with Gasteiger partial charge in [-0.1, -0.05) is 0 Å². The Morgan fingerprint density at radius 2 is 1.82 bits per heavy atom. The number of carbonyl (C=O) groups excluding carboxylic acids is 2. The van der Waals surface area contributed by atoms with Gasteiger partial charge in [-0.3, -0.25) is 9.59 Å². The number of hydrogen-bond donors (Lipinski definition) is 1. The maximum absolute atomic E-state index is 10.4. The van der Waals surface area contributed by atoms with Gasteiger partial charge >= 0.3 is 0 Å². The van der Waals surface area contributed by atoms with Gasteiger partial charge in [0.05, 0.1) is 0 Å². The van der Waals surface area contributed by atoms with E-state index in [1.807, 2.05) is 0 Å². The molecule has 1 aliphatic heterocycles. The van der Waals surface area contributed by atoms with Crippen LogP contribution in [-0.4, -0.2) is 24.1 Å². The molecule has 0 bridgehead atoms. The Hall–Kier alpha value is -0.410. The molecule has 1 saturated heterocycles. The second-order valence-electron chi connectivity index (χ2n) is 2.26. The van der Waals surface area contributed by atoms with Crippen LogP contribution in [0.25, 0.3) is 0 Å². The van der Waals surface area contributed by atoms with Crippen LogP contribution in [0.3, 0.4) is 0 Å². The first-order chi connectivity index (χ1) is 5.13. The average Bonchev–Trinajstić information content (AvgIpc) is 1.87. The van der Waals surface area contributed by atoms with E-state index in [0.717, 1.165) is 25.9 Å². The van der Waals surface area contributed by atoms with Crippen molar-refractivity contribution in [1.29, 1.82) is 0 Å². The lowest BCUT2D eigenvalue weighted by Gasteiger charge is -2.08. The van der Waals surface area contributed by atoms with Crippen LogP contribution >= 0.6 is 11.6 Å². The van der Waals surface area contributed by atoms with Crippen molar-refractivity contribution in [3.05, 3.63) is 0 Å². The summed E-state index contributed by atoms with van der Waals surface area (Å²) in [6.07, 6.45) is 1.47. The number of halogens is 1. The molecule has 4 heteroatoms. The normalized spacial score (nSPS) is 16.7. The molecule has 0 saturated carbocycles. The fourth-order valence-corrected chi connectivity index (χ4v) is 0.706. The predicted octanol–water partition coefficient (Wildman–Crippen LogP) is 0.711. The summed E-state index contributed by atoms with van der Waals surface area (Å²) in [6, 6.07) is 0. The zero-order chi connectivity index (χ0) is 8.69. The highest BCUT2D eigenvalue weighted by molar-refractivity contribution is 6.62. The maximum atomic E-state index is 10.4. The van der Waals surface area contributed by atoms with Gasteiger partial charge in [0.25, 0.3) is 0 Å². The van der Waals surface area contributed by atoms with E-state index in [9.17, 15) is 9.59 Å². The van der Waals surface area contributed by atoms with Crippen molar-refractivity contribution in [3.63, 3.8) is 0 Å². The van der Waals surface area contributed by atoms with Crippen LogP contribution in [-0.2, 0) is 9.59 Å². The summed E-state index contributed by atoms with van der Waals surface area (Å²) in [5.41, 5.74) is 0. The molecular weight excluding hydrogens is 166 g/mol. The van der Waals surface area contributed by atoms with Gasteiger partial charge in [-0.25, -0.2) is 0 Å². The van der Waals surface area contributed by atoms with E-state index >= 15 is 0 Å². The molecule has 1 fully saturated rings. The molecule has 0 aromatic carbocycles. The number of piperidine rings is 1. The zero-order valence-electron chi connectivity index (χ0n) is 6.52. The molecule has 0 aromatic rings. The van der Waals surface area contributed by atoms with E-state index < -0.39 is 0 Å². The van der Waals surface area contributed by atoms with Gasteiger partial charge in [-0.15, -0.1) is 0 Å². The Kier molecular flexibility index (Phi) is 6.07. The average molecular weight is 178 g/mol. The number of ketones is 1. The molecule has 0 spiro atoms. The van der Waals surface area contributed by atoms with Crippen LogP contribution < -0.4 is 5.32 Å². The van der Waals surface area contributed by atoms with Gasteiger partial charge in [0.2, 0.25) is 5.24 Å². The van der Waals surface area contributed by atoms with Crippen LogP contribution in [0.15, 0.2) is 0 Å². The maximum Gasteiger partial charge on any atom is 0.218 e. The van der Waals surface area contributed by atoms with Gasteiger partial charge in [-0.05, 0) is 11.6 Å². The first-order valence-electron chi connectivity index (χ1n) is 3.51. The van der Waals surface area contributed by atoms with Crippen molar-refractivity contribution >= 4 is 22.6 Å². The Balaban J connectivity index is 0.000000218. The Labute approximate surface area is 71.1 Å². The molecule has 0 aromatic heterocycles. The van der Waals surface area contributed by atoms with Crippen LogP contribution in [0.1, 0.15) is 19.8 Å². The molecule has 0 radical (unpaired) electrons. The Bertz CT molecular complexity index is 135. The third-order valence-electron chi connectivity index (χ3n) is 1.16. The van der Waals surface area contributed by atoms with Crippen molar-refractivity contribution in [2.45, 2.75) is 19.8 Å². The standard InChI is InChI=1S/C5H9NO.C2H3ClO/c7-5-1-3-6-4-2-5;1-2(3)4/h6H,1-4H2;1H3. The topological polar surface area (TPSA) is 46.2 Å². The Morgan fingerprint density at radius 3 is 2.00 bits per heavy atom. The minimum Gasteiger partial charge on any atom is -0.316 e. The highest BCUT2D eigenvalue weighted by Crippen LogP contribution is 1.91. The summed E-state index contributed by atoms with van der Waals surface area (Å²) in [4.78, 5) is 19.6. The van der Waals surface area contributed by atoms with Crippen molar-refractivity contribution in [1.82, 2.24) is 5.32 Å². The molecule has 1 aliphatic rings. The van der Waals surface area contributed by atoms with E-state index in [-0.39, 0.29) is 5.24 Å². The third-order valence-corrected chi connectivity index (χ3v) is 1.16. The van der Waals surface area contributed by atoms with Crippen LogP contribution in [0.2, 0.25) is 0 Å². The van der Waals surface area contributed by atoms with Crippen molar-refractivity contribution < 1.29 is 9.59 Å². The largest absolute Gasteiger partial charge is 0.316 e. The predicted molar refractivity (Wildman–Crippen MR) is 43.6 cm³/mol. The minimum atomic E-state index is -0.361. The lowest BCUT2D eigenvalue weighted by molar-refractivity contribution is -0.119. The number of nitrogens with one attached hydrogen (secondary N) is 1. The summed E-state index contributed by atoms with van der Waals surface area (Å²) in [5.74, 6) is 0.402. The fraction of sp³-hybridized carbons (Fsp3) is 0.714. The molecule has 0 aliphatic carbocycles. The lowest BCUT2D eigenvalue weighted by atomic mass is 10.1. The first-order valence-corrected chi connectivity index (χ1v) is 3.89. The first kappa shape index (κ1) is 10.6. The highest BCUT2D eigenvalue weighted by Gasteiger charge is 2.04. The number of carbonyl (C=O) groups is 2. The van der Waals surface area contributed by atoms with Gasteiger partial charge in [0.15, 0.2) is 0 Å². The second kappa shape index (κ2) is 6.31. The summed E-state index contributed by atoms with van der Waals surface area (Å²) in [5, 5.41) is 2.73. The van der Waals surface area contributed by atoms with Gasteiger partial charge in [-0.2, -0.15) is 0 Å². The summed E-state index contributed by atoms with van der Waals surface area (Å²) >= 11 is 4.64. The van der Waals surface area contributed by atoms with E-state index in [0.29, 0.717) is 5.78 Å². The van der Waals surface area contributed by atoms with Gasteiger partial charge in [0.1, 0.15) is 5.78 Å². The number of hydrogen-bond acceptors (Lipinski definition) is 3. The van der Waals surface area contributed by atoms with Crippen LogP contribution in [0, 0.1) is 0 Å². The van der Waals surface area contributed by atoms with Crippen LogP contribution in [0.4, 0.5) is 0 Å². The summed E-state index contributed by atoms with van der Waals surface area (Å²) in [6.45, 7) is 3.07. The smallest absolute Gasteiger partial charge is 0.218 e. The minimum absolute atomic E-state index is 0.361. The molecule has 0 unspecified atom stereocenters. The van der Waals surface area contributed by atoms with Gasteiger partial charge in [0, 0.05) is 32.9 Å². The third kappa shape index (κ3) is 9.59. The molecule has 3 nitrogen and oxygen atoms in total. The molecule has 11 heavy (non-hydrogen) atoms. The van der Waals surface area contributed by atoms with Crippen molar-refractivity contribution in [2.75, 3.05) is 13.1 Å². The van der Waals surface area contributed by atoms with E-state index in [1.54, 1.807) is 0 Å². The molecule has 1 N–H and O–H groups in total. The van der Waals surface area contributed by atoms with E-state index in [2.05, 4.69) is 16.9 Å². The quantitative estimate of drug-likeness (QED) is 0.555. The zero-order valence-corrected chi connectivity index (χ0v) is 7.28. The lowest BCUT2D eigenvalue weighted by Crippen LogP contribution is -2.27. The monoisotopic (exact) mass is 177 g/mol. The highest BCUT2D eigenvalue weighted by atomic mass is 35.5. The summed E-state index contributed by atoms with van der Waals surface area (Å²) < 4.78 is 0. The number of Topliss-reactive ketones (excluding diaryl/α,β-unsaturated/α-hetero) is 1. The molecular formula is C7H12ClNO2. The van der Waals surface area contributed by atoms with Crippen LogP contribution in [0.5, 0.6) is 0 Å². The second-order valence-corrected chi connectivity index (χ2v) is 2.79. The van der Waals surface area contributed by atoms with Crippen molar-refractivity contribution in [3.8, 4) is 0 Å². The molecule has 0 atom stereocenters. The van der Waals surface area contributed by atoms with E-state index in [1.165, 1.54) is 6.92 Å². The molecule has 1 heterocycles. The fourth-order valence-electron chi connectivity index (χ4n) is 0.706. The molecule has 0 amide bonds. The number of rotatable bonds is 0. The van der Waals surface area contributed by atoms with Gasteiger partial charge < -0.3 is 5.32 Å².